The minimum absolute atomic E-state index is 0. The molecule has 2 heterocycles. The van der Waals surface area contributed by atoms with Gasteiger partial charge in [0.15, 0.2) is 6.23 Å². The van der Waals surface area contributed by atoms with Gasteiger partial charge in [0.05, 0.1) is 11.7 Å². The van der Waals surface area contributed by atoms with Gasteiger partial charge in [-0.15, -0.1) is 0 Å². The molecular formula is C16H22N3Na2O8P. The van der Waals surface area contributed by atoms with Crippen LogP contribution in [0.3, 0.4) is 0 Å². The van der Waals surface area contributed by atoms with Crippen LogP contribution in [0, 0.1) is 17.3 Å². The summed E-state index contributed by atoms with van der Waals surface area (Å²) in [5.74, 6) is 5.54. The van der Waals surface area contributed by atoms with Crippen LogP contribution in [0.2, 0.25) is 0 Å². The third-order valence-corrected chi connectivity index (χ3v) is 4.71. The monoisotopic (exact) mass is 461 g/mol. The SMILES string of the molecule is CC(C)(C)C#Cc1cn([C@@H]2O[C@H]([C@H](O)CP(=O)([O-])[O-])[C@@H](O)[C@H]2O)c(=O)nc1N.[Na+].[Na+]. The average molecular weight is 461 g/mol. The van der Waals surface area contributed by atoms with Crippen molar-refractivity contribution in [3.05, 3.63) is 22.2 Å². The number of aliphatic hydroxyl groups is 3. The van der Waals surface area contributed by atoms with Crippen LogP contribution < -0.4 is 80.3 Å². The fourth-order valence-corrected chi connectivity index (χ4v) is 3.25. The number of rotatable bonds is 4. The number of hydrogen-bond acceptors (Lipinski definition) is 10. The number of anilines is 1. The maximum atomic E-state index is 12.2. The summed E-state index contributed by atoms with van der Waals surface area (Å²) in [5, 5.41) is 30.1. The minimum atomic E-state index is -5.10. The van der Waals surface area contributed by atoms with Gasteiger partial charge in [-0.25, -0.2) is 4.79 Å². The molecule has 0 aliphatic carbocycles. The number of ether oxygens (including phenoxy) is 1. The number of nitrogens with two attached hydrogens (primary N) is 1. The van der Waals surface area contributed by atoms with E-state index in [0.717, 1.165) is 4.57 Å². The largest absolute Gasteiger partial charge is 1.00 e. The van der Waals surface area contributed by atoms with Crippen molar-refractivity contribution in [3.8, 4) is 11.8 Å². The number of nitrogens with zero attached hydrogens (tertiary/aromatic N) is 2. The first kappa shape index (κ1) is 30.2. The molecule has 2 rings (SSSR count). The number of aliphatic hydroxyl groups excluding tert-OH is 3. The van der Waals surface area contributed by atoms with Gasteiger partial charge in [-0.1, -0.05) is 19.4 Å². The second-order valence-electron chi connectivity index (χ2n) is 7.56. The third kappa shape index (κ3) is 7.98. The summed E-state index contributed by atoms with van der Waals surface area (Å²) in [6.07, 6.45) is -8.47. The van der Waals surface area contributed by atoms with Gasteiger partial charge in [0.25, 0.3) is 0 Å². The van der Waals surface area contributed by atoms with Crippen LogP contribution in [0.1, 0.15) is 32.6 Å². The molecule has 14 heteroatoms. The van der Waals surface area contributed by atoms with Crippen LogP contribution in [0.15, 0.2) is 11.0 Å². The molecule has 0 spiro atoms. The molecule has 0 radical (unpaired) electrons. The van der Waals surface area contributed by atoms with E-state index in [4.69, 9.17) is 10.5 Å². The third-order valence-electron chi connectivity index (χ3n) is 3.89. The van der Waals surface area contributed by atoms with Crippen LogP contribution in [0.4, 0.5) is 5.82 Å². The van der Waals surface area contributed by atoms with Crippen molar-refractivity contribution in [2.75, 3.05) is 11.9 Å². The van der Waals surface area contributed by atoms with Crippen molar-refractivity contribution in [1.29, 1.82) is 0 Å². The molecule has 1 fully saturated rings. The molecule has 5 atom stereocenters. The smallest absolute Gasteiger partial charge is 0.811 e. The van der Waals surface area contributed by atoms with Gasteiger partial charge in [0.2, 0.25) is 0 Å². The summed E-state index contributed by atoms with van der Waals surface area (Å²) in [7, 11) is -5.10. The van der Waals surface area contributed by atoms with Crippen molar-refractivity contribution in [3.63, 3.8) is 0 Å². The fraction of sp³-hybridized carbons (Fsp3) is 0.625. The molecule has 1 aromatic rings. The average Bonchev–Trinajstić information content (AvgIpc) is 2.80. The summed E-state index contributed by atoms with van der Waals surface area (Å²) in [4.78, 5) is 37.5. The molecule has 0 unspecified atom stereocenters. The van der Waals surface area contributed by atoms with Gasteiger partial charge >= 0.3 is 64.8 Å². The van der Waals surface area contributed by atoms with Crippen LogP contribution in [-0.4, -0.2) is 55.4 Å². The summed E-state index contributed by atoms with van der Waals surface area (Å²) < 4.78 is 17.0. The van der Waals surface area contributed by atoms with E-state index in [2.05, 4.69) is 16.8 Å². The summed E-state index contributed by atoms with van der Waals surface area (Å²) in [5.41, 5.74) is 4.60. The topological polar surface area (TPSA) is 194 Å². The number of aromatic nitrogens is 2. The molecule has 30 heavy (non-hydrogen) atoms. The fourth-order valence-electron chi connectivity index (χ4n) is 2.58. The van der Waals surface area contributed by atoms with Gasteiger partial charge in [0.1, 0.15) is 24.1 Å². The predicted molar refractivity (Wildman–Crippen MR) is 93.6 cm³/mol. The molecule has 0 amide bonds. The number of nitrogen functional groups attached to an aromatic ring is 1. The van der Waals surface area contributed by atoms with Crippen molar-refractivity contribution in [1.82, 2.24) is 9.55 Å². The second-order valence-corrected chi connectivity index (χ2v) is 9.15. The predicted octanol–water partition coefficient (Wildman–Crippen LogP) is -8.88. The van der Waals surface area contributed by atoms with E-state index in [1.165, 1.54) is 6.20 Å². The van der Waals surface area contributed by atoms with Gasteiger partial charge in [0, 0.05) is 17.8 Å². The Labute approximate surface area is 217 Å². The number of hydrogen-bond donors (Lipinski definition) is 4. The normalized spacial score (nSPS) is 24.8. The van der Waals surface area contributed by atoms with E-state index >= 15 is 0 Å². The van der Waals surface area contributed by atoms with Crippen molar-refractivity contribution in [2.24, 2.45) is 5.41 Å². The molecule has 156 valence electrons. The Kier molecular flexibility index (Phi) is 11.5. The van der Waals surface area contributed by atoms with Gasteiger partial charge in [-0.05, 0) is 20.8 Å². The Morgan fingerprint density at radius 1 is 1.33 bits per heavy atom. The molecule has 0 saturated carbocycles. The Morgan fingerprint density at radius 3 is 2.40 bits per heavy atom. The van der Waals surface area contributed by atoms with Crippen molar-refractivity contribution >= 4 is 13.4 Å². The van der Waals surface area contributed by atoms with E-state index in [1.54, 1.807) is 0 Å². The molecular weight excluding hydrogens is 439 g/mol. The molecule has 1 aliphatic rings. The second kappa shape index (κ2) is 11.4. The standard InChI is InChI=1S/C16H24N3O8P.2Na/c1-16(2,3)5-4-8-6-19(15(23)18-13(8)17)14-11(22)10(21)12(27-14)9(20)7-28(24,25)26;;/h6,9-12,14,20-22H,7H2,1-3H3,(H2,17,18,23)(H2,24,25,26);;/q;2*+1/p-2/t9-,10+,11-,12-,14-;;/m1../s1. The van der Waals surface area contributed by atoms with Crippen LogP contribution in [-0.2, 0) is 9.30 Å². The molecule has 0 aromatic carbocycles. The van der Waals surface area contributed by atoms with E-state index in [-0.39, 0.29) is 75.9 Å². The molecule has 0 bridgehead atoms. The van der Waals surface area contributed by atoms with E-state index in [9.17, 15) is 34.5 Å². The van der Waals surface area contributed by atoms with Gasteiger partial charge in [-0.2, -0.15) is 4.98 Å². The Balaban J connectivity index is 0.00000420. The zero-order valence-electron chi connectivity index (χ0n) is 17.5. The minimum Gasteiger partial charge on any atom is -0.811 e. The molecule has 5 N–H and O–H groups in total. The molecule has 1 aliphatic heterocycles. The van der Waals surface area contributed by atoms with Crippen LogP contribution in [0.25, 0.3) is 0 Å². The Bertz CT molecular complexity index is 904. The molecule has 1 aromatic heterocycles. The van der Waals surface area contributed by atoms with Gasteiger partial charge < -0.3 is 40.1 Å². The maximum absolute atomic E-state index is 12.2. The zero-order valence-corrected chi connectivity index (χ0v) is 22.4. The first-order valence-corrected chi connectivity index (χ1v) is 10.0. The first-order chi connectivity index (χ1) is 12.7. The Hall–Kier alpha value is 0.230. The molecule has 1 saturated heterocycles. The summed E-state index contributed by atoms with van der Waals surface area (Å²) in [6.45, 7) is 5.57. The maximum Gasteiger partial charge on any atom is 1.00 e. The van der Waals surface area contributed by atoms with E-state index < -0.39 is 50.1 Å². The molecule has 11 nitrogen and oxygen atoms in total. The van der Waals surface area contributed by atoms with E-state index in [0.29, 0.717) is 0 Å². The van der Waals surface area contributed by atoms with Crippen molar-refractivity contribution in [2.45, 2.75) is 51.4 Å². The van der Waals surface area contributed by atoms with E-state index in [1.807, 2.05) is 20.8 Å². The van der Waals surface area contributed by atoms with Gasteiger partial charge in [-0.3, -0.25) is 4.57 Å². The summed E-state index contributed by atoms with van der Waals surface area (Å²) >= 11 is 0. The Morgan fingerprint density at radius 2 is 1.90 bits per heavy atom. The van der Waals surface area contributed by atoms with Crippen LogP contribution >= 0.6 is 7.60 Å². The quantitative estimate of drug-likeness (QED) is 0.190. The summed E-state index contributed by atoms with van der Waals surface area (Å²) in [6, 6.07) is 0. The zero-order chi connectivity index (χ0) is 21.4. The van der Waals surface area contributed by atoms with Crippen molar-refractivity contribution < 1.29 is 93.5 Å². The van der Waals surface area contributed by atoms with Crippen LogP contribution in [0.5, 0.6) is 0 Å². The first-order valence-electron chi connectivity index (χ1n) is 8.32.